The Morgan fingerprint density at radius 1 is 1.16 bits per heavy atom. The summed E-state index contributed by atoms with van der Waals surface area (Å²) in [4.78, 5) is 14.8. The van der Waals surface area contributed by atoms with Gasteiger partial charge in [-0.15, -0.1) is 0 Å². The van der Waals surface area contributed by atoms with Crippen molar-refractivity contribution in [3.05, 3.63) is 69.9 Å². The third-order valence-corrected chi connectivity index (χ3v) is 5.01. The van der Waals surface area contributed by atoms with Gasteiger partial charge >= 0.3 is 0 Å². The van der Waals surface area contributed by atoms with Crippen LogP contribution >= 0.6 is 15.9 Å². The minimum atomic E-state index is -0.419. The van der Waals surface area contributed by atoms with E-state index < -0.39 is 5.82 Å². The molecule has 0 heterocycles. The fraction of sp³-hybridized carbons (Fsp3) is 0.350. The van der Waals surface area contributed by atoms with Crippen LogP contribution in [0.1, 0.15) is 29.8 Å². The molecule has 0 fully saturated rings. The number of carbonyl (C=O) groups excluding carboxylic acids is 1. The third-order valence-electron chi connectivity index (χ3n) is 4.31. The summed E-state index contributed by atoms with van der Waals surface area (Å²) in [6.07, 6.45) is 0.854. The van der Waals surface area contributed by atoms with Gasteiger partial charge in [0.2, 0.25) is 0 Å². The van der Waals surface area contributed by atoms with Crippen LogP contribution in [-0.2, 0) is 6.42 Å². The van der Waals surface area contributed by atoms with E-state index in [2.05, 4.69) is 52.1 Å². The van der Waals surface area contributed by atoms with Crippen molar-refractivity contribution in [3.8, 4) is 0 Å². The maximum absolute atomic E-state index is 13.4. The molecule has 134 valence electrons. The summed E-state index contributed by atoms with van der Waals surface area (Å²) in [5, 5.41) is 2.96. The Morgan fingerprint density at radius 3 is 2.48 bits per heavy atom. The molecule has 2 rings (SSSR count). The highest BCUT2D eigenvalue weighted by atomic mass is 79.9. The van der Waals surface area contributed by atoms with E-state index in [0.29, 0.717) is 16.6 Å². The highest BCUT2D eigenvalue weighted by Crippen LogP contribution is 2.18. The number of halogens is 2. The van der Waals surface area contributed by atoms with Gasteiger partial charge in [-0.25, -0.2) is 4.39 Å². The molecule has 0 saturated carbocycles. The van der Waals surface area contributed by atoms with Crippen molar-refractivity contribution in [2.24, 2.45) is 0 Å². The van der Waals surface area contributed by atoms with Crippen LogP contribution in [0.25, 0.3) is 0 Å². The first-order chi connectivity index (χ1) is 12.0. The summed E-state index contributed by atoms with van der Waals surface area (Å²) in [6.45, 7) is 6.57. The van der Waals surface area contributed by atoms with Crippen molar-refractivity contribution in [2.75, 3.05) is 19.6 Å². The second-order valence-corrected chi connectivity index (χ2v) is 6.75. The Balaban J connectivity index is 2.08. The average molecular weight is 407 g/mol. The van der Waals surface area contributed by atoms with Crippen LogP contribution in [0.4, 0.5) is 4.39 Å². The Kier molecular flexibility index (Phi) is 7.59. The number of hydrogen-bond donors (Lipinski definition) is 1. The van der Waals surface area contributed by atoms with Gasteiger partial charge in [-0.3, -0.25) is 9.69 Å². The summed E-state index contributed by atoms with van der Waals surface area (Å²) in [5.74, 6) is -0.686. The van der Waals surface area contributed by atoms with Crippen LogP contribution in [0.15, 0.2) is 53.0 Å². The molecule has 0 aliphatic heterocycles. The van der Waals surface area contributed by atoms with Gasteiger partial charge in [-0.2, -0.15) is 0 Å². The number of rotatable bonds is 8. The van der Waals surface area contributed by atoms with Gasteiger partial charge in [-0.05, 0) is 59.2 Å². The smallest absolute Gasteiger partial charge is 0.252 e. The molecule has 0 aliphatic carbocycles. The molecule has 2 aromatic rings. The van der Waals surface area contributed by atoms with E-state index in [4.69, 9.17) is 0 Å². The molecule has 0 spiro atoms. The molecule has 25 heavy (non-hydrogen) atoms. The first kappa shape index (κ1) is 19.6. The second-order valence-electron chi connectivity index (χ2n) is 5.90. The van der Waals surface area contributed by atoms with E-state index in [1.165, 1.54) is 17.7 Å². The third kappa shape index (κ3) is 5.65. The molecule has 0 radical (unpaired) electrons. The predicted molar refractivity (Wildman–Crippen MR) is 103 cm³/mol. The minimum Gasteiger partial charge on any atom is -0.350 e. The molecular weight excluding hydrogens is 383 g/mol. The molecule has 5 heteroatoms. The average Bonchev–Trinajstić information content (AvgIpc) is 2.63. The van der Waals surface area contributed by atoms with Gasteiger partial charge in [0.1, 0.15) is 5.82 Å². The number of likely N-dealkylation sites (N-methyl/N-ethyl adjacent to an activating group) is 1. The molecule has 0 bridgehead atoms. The van der Waals surface area contributed by atoms with Crippen LogP contribution in [0.3, 0.4) is 0 Å². The predicted octanol–water partition coefficient (Wildman–Crippen LogP) is 4.27. The normalized spacial score (nSPS) is 12.2. The zero-order valence-corrected chi connectivity index (χ0v) is 16.2. The highest BCUT2D eigenvalue weighted by molar-refractivity contribution is 9.10. The zero-order chi connectivity index (χ0) is 18.2. The maximum atomic E-state index is 13.4. The fourth-order valence-corrected chi connectivity index (χ4v) is 3.36. The Morgan fingerprint density at radius 2 is 1.84 bits per heavy atom. The number of hydrogen-bond acceptors (Lipinski definition) is 2. The van der Waals surface area contributed by atoms with E-state index >= 15 is 0 Å². The Labute approximate surface area is 157 Å². The van der Waals surface area contributed by atoms with Gasteiger partial charge in [0.25, 0.3) is 5.91 Å². The van der Waals surface area contributed by atoms with Gasteiger partial charge in [0.05, 0.1) is 5.56 Å². The number of amides is 1. The van der Waals surface area contributed by atoms with Crippen molar-refractivity contribution < 1.29 is 9.18 Å². The summed E-state index contributed by atoms with van der Waals surface area (Å²) in [7, 11) is 0. The van der Waals surface area contributed by atoms with Crippen molar-refractivity contribution in [1.82, 2.24) is 10.2 Å². The molecular formula is C20H24BrFN2O. The van der Waals surface area contributed by atoms with Crippen molar-refractivity contribution in [1.29, 1.82) is 0 Å². The lowest BCUT2D eigenvalue weighted by molar-refractivity contribution is 0.0933. The summed E-state index contributed by atoms with van der Waals surface area (Å²) < 4.78 is 14.0. The number of benzene rings is 2. The second kappa shape index (κ2) is 9.68. The van der Waals surface area contributed by atoms with Crippen LogP contribution in [0.5, 0.6) is 0 Å². The number of nitrogens with one attached hydrogen (secondary N) is 1. The standard InChI is InChI=1S/C20H24BrFN2O/c1-3-24(4-2)17(12-15-8-6-5-7-9-15)14-23-20(25)18-13-16(22)10-11-19(18)21/h5-11,13,17H,3-4,12,14H2,1-2H3,(H,23,25). The maximum Gasteiger partial charge on any atom is 0.252 e. The van der Waals surface area contributed by atoms with Crippen LogP contribution in [0.2, 0.25) is 0 Å². The van der Waals surface area contributed by atoms with E-state index in [0.717, 1.165) is 19.5 Å². The van der Waals surface area contributed by atoms with Gasteiger partial charge in [0, 0.05) is 17.1 Å². The largest absolute Gasteiger partial charge is 0.350 e. The zero-order valence-electron chi connectivity index (χ0n) is 14.6. The fourth-order valence-electron chi connectivity index (χ4n) is 2.93. The van der Waals surface area contributed by atoms with Crippen molar-refractivity contribution in [2.45, 2.75) is 26.3 Å². The highest BCUT2D eigenvalue weighted by Gasteiger charge is 2.19. The van der Waals surface area contributed by atoms with E-state index in [1.807, 2.05) is 18.2 Å². The topological polar surface area (TPSA) is 32.3 Å². The monoisotopic (exact) mass is 406 g/mol. The minimum absolute atomic E-state index is 0.189. The number of carbonyl (C=O) groups is 1. The van der Waals surface area contributed by atoms with Crippen molar-refractivity contribution >= 4 is 21.8 Å². The summed E-state index contributed by atoms with van der Waals surface area (Å²) in [5.41, 5.74) is 1.55. The first-order valence-corrected chi connectivity index (χ1v) is 9.35. The van der Waals surface area contributed by atoms with Crippen LogP contribution in [-0.4, -0.2) is 36.5 Å². The summed E-state index contributed by atoms with van der Waals surface area (Å²) >= 11 is 3.31. The van der Waals surface area contributed by atoms with E-state index in [1.54, 1.807) is 6.07 Å². The number of nitrogens with zero attached hydrogens (tertiary/aromatic N) is 1. The van der Waals surface area contributed by atoms with Crippen LogP contribution in [0, 0.1) is 5.82 Å². The van der Waals surface area contributed by atoms with E-state index in [-0.39, 0.29) is 11.9 Å². The molecule has 0 aliphatic rings. The van der Waals surface area contributed by atoms with Crippen molar-refractivity contribution in [3.63, 3.8) is 0 Å². The molecule has 0 aromatic heterocycles. The Bertz CT molecular complexity index is 689. The molecule has 1 atom stereocenters. The first-order valence-electron chi connectivity index (χ1n) is 8.56. The molecule has 3 nitrogen and oxygen atoms in total. The van der Waals surface area contributed by atoms with Gasteiger partial charge in [0.15, 0.2) is 0 Å². The summed E-state index contributed by atoms with van der Waals surface area (Å²) in [6, 6.07) is 14.6. The van der Waals surface area contributed by atoms with E-state index in [9.17, 15) is 9.18 Å². The quantitative estimate of drug-likeness (QED) is 0.709. The molecule has 2 aromatic carbocycles. The van der Waals surface area contributed by atoms with Gasteiger partial charge in [-0.1, -0.05) is 44.2 Å². The lowest BCUT2D eigenvalue weighted by atomic mass is 10.0. The van der Waals surface area contributed by atoms with Crippen LogP contribution < -0.4 is 5.32 Å². The van der Waals surface area contributed by atoms with Gasteiger partial charge < -0.3 is 5.32 Å². The molecule has 1 unspecified atom stereocenters. The Hall–Kier alpha value is -1.72. The SMILES string of the molecule is CCN(CC)C(CNC(=O)c1cc(F)ccc1Br)Cc1ccccc1. The molecule has 0 saturated heterocycles. The lowest BCUT2D eigenvalue weighted by Gasteiger charge is -2.30. The lowest BCUT2D eigenvalue weighted by Crippen LogP contribution is -2.45. The molecule has 1 N–H and O–H groups in total. The molecule has 1 amide bonds.